The van der Waals surface area contributed by atoms with Crippen LogP contribution in [0.3, 0.4) is 0 Å². The molecule has 2 heteroatoms. The van der Waals surface area contributed by atoms with Crippen molar-refractivity contribution in [1.29, 1.82) is 0 Å². The van der Waals surface area contributed by atoms with Crippen molar-refractivity contribution in [2.24, 2.45) is 0 Å². The van der Waals surface area contributed by atoms with Crippen molar-refractivity contribution < 1.29 is 4.74 Å². The molecular formula is C16H25NO. The molecule has 0 saturated carbocycles. The molecule has 0 fully saturated rings. The van der Waals surface area contributed by atoms with Gasteiger partial charge in [0, 0.05) is 6.04 Å². The van der Waals surface area contributed by atoms with Crippen molar-refractivity contribution in [2.75, 3.05) is 13.7 Å². The monoisotopic (exact) mass is 247 g/mol. The van der Waals surface area contributed by atoms with Crippen molar-refractivity contribution >= 4 is 0 Å². The second kappa shape index (κ2) is 6.24. The van der Waals surface area contributed by atoms with E-state index in [0.717, 1.165) is 18.7 Å². The molecule has 1 aliphatic rings. The fourth-order valence-electron chi connectivity index (χ4n) is 2.98. The predicted molar refractivity (Wildman–Crippen MR) is 76.4 cm³/mol. The molecule has 100 valence electrons. The number of fused-ring (bicyclic) bond motifs is 1. The first-order chi connectivity index (χ1) is 8.77. The second-order valence-electron chi connectivity index (χ2n) is 5.27. The van der Waals surface area contributed by atoms with Crippen LogP contribution in [-0.4, -0.2) is 19.7 Å². The zero-order valence-corrected chi connectivity index (χ0v) is 11.8. The number of nitrogens with one attached hydrogen (secondary N) is 1. The highest BCUT2D eigenvalue weighted by atomic mass is 16.5. The molecule has 0 bridgehead atoms. The van der Waals surface area contributed by atoms with Crippen molar-refractivity contribution in [3.8, 4) is 5.75 Å². The molecule has 0 heterocycles. The van der Waals surface area contributed by atoms with E-state index in [9.17, 15) is 0 Å². The number of rotatable bonds is 5. The van der Waals surface area contributed by atoms with Crippen molar-refractivity contribution in [1.82, 2.24) is 5.32 Å². The summed E-state index contributed by atoms with van der Waals surface area (Å²) in [5.41, 5.74) is 2.88. The maximum atomic E-state index is 5.47. The summed E-state index contributed by atoms with van der Waals surface area (Å²) < 4.78 is 5.47. The second-order valence-corrected chi connectivity index (χ2v) is 5.27. The molecule has 0 spiro atoms. The molecule has 0 radical (unpaired) electrons. The molecule has 0 saturated heterocycles. The first-order valence-electron chi connectivity index (χ1n) is 7.17. The van der Waals surface area contributed by atoms with Crippen molar-refractivity contribution in [3.63, 3.8) is 0 Å². The van der Waals surface area contributed by atoms with Crippen LogP contribution in [0.4, 0.5) is 0 Å². The summed E-state index contributed by atoms with van der Waals surface area (Å²) in [5.74, 6) is 1.65. The van der Waals surface area contributed by atoms with Crippen LogP contribution in [0, 0.1) is 0 Å². The normalized spacial score (nSPS) is 22.6. The van der Waals surface area contributed by atoms with Crippen LogP contribution in [0.15, 0.2) is 18.2 Å². The van der Waals surface area contributed by atoms with Gasteiger partial charge < -0.3 is 10.1 Å². The number of hydrogen-bond acceptors (Lipinski definition) is 2. The molecule has 1 aromatic rings. The van der Waals surface area contributed by atoms with Crippen molar-refractivity contribution in [2.45, 2.75) is 51.5 Å². The Hall–Kier alpha value is -1.02. The summed E-state index contributed by atoms with van der Waals surface area (Å²) in [6.45, 7) is 5.72. The molecule has 2 unspecified atom stereocenters. The van der Waals surface area contributed by atoms with Gasteiger partial charge in [-0.15, -0.1) is 0 Å². The third-order valence-corrected chi connectivity index (χ3v) is 4.13. The lowest BCUT2D eigenvalue weighted by Gasteiger charge is -2.33. The van der Waals surface area contributed by atoms with Gasteiger partial charge in [-0.2, -0.15) is 0 Å². The van der Waals surface area contributed by atoms with E-state index in [-0.39, 0.29) is 0 Å². The van der Waals surface area contributed by atoms with Crippen LogP contribution in [0.2, 0.25) is 0 Å². The van der Waals surface area contributed by atoms with Gasteiger partial charge in [-0.3, -0.25) is 0 Å². The minimum atomic E-state index is 0.584. The van der Waals surface area contributed by atoms with E-state index in [1.807, 2.05) is 0 Å². The molecule has 0 aromatic heterocycles. The summed E-state index contributed by atoms with van der Waals surface area (Å²) >= 11 is 0. The number of unbranched alkanes of at least 4 members (excludes halogenated alkanes) is 1. The molecule has 2 rings (SSSR count). The number of benzene rings is 1. The van der Waals surface area contributed by atoms with Gasteiger partial charge in [0.2, 0.25) is 0 Å². The Bertz CT molecular complexity index is 389. The standard InChI is InChI=1S/C16H25NO/c1-4-5-11-17-15-10-9-14-13(12(15)2)7-6-8-16(14)18-3/h6-8,12,15,17H,4-5,9-11H2,1-3H3. The number of methoxy groups -OCH3 is 1. The third-order valence-electron chi connectivity index (χ3n) is 4.13. The summed E-state index contributed by atoms with van der Waals surface area (Å²) in [5, 5.41) is 3.71. The number of ether oxygens (including phenoxy) is 1. The van der Waals surface area contributed by atoms with Crippen LogP contribution >= 0.6 is 0 Å². The minimum absolute atomic E-state index is 0.584. The lowest BCUT2D eigenvalue weighted by atomic mass is 9.80. The zero-order valence-electron chi connectivity index (χ0n) is 11.8. The lowest BCUT2D eigenvalue weighted by molar-refractivity contribution is 0.377. The Morgan fingerprint density at radius 3 is 2.94 bits per heavy atom. The van der Waals surface area contributed by atoms with E-state index < -0.39 is 0 Å². The zero-order chi connectivity index (χ0) is 13.0. The minimum Gasteiger partial charge on any atom is -0.496 e. The van der Waals surface area contributed by atoms with Gasteiger partial charge in [0.1, 0.15) is 5.75 Å². The Kier molecular flexibility index (Phi) is 4.65. The van der Waals surface area contributed by atoms with E-state index in [0.29, 0.717) is 12.0 Å². The maximum Gasteiger partial charge on any atom is 0.122 e. The van der Waals surface area contributed by atoms with E-state index in [1.54, 1.807) is 7.11 Å². The first-order valence-corrected chi connectivity index (χ1v) is 7.17. The Morgan fingerprint density at radius 2 is 2.22 bits per heavy atom. The predicted octanol–water partition coefficient (Wildman–Crippen LogP) is 3.50. The Labute approximate surface area is 111 Å². The van der Waals surface area contributed by atoms with E-state index >= 15 is 0 Å². The third kappa shape index (κ3) is 2.69. The van der Waals surface area contributed by atoms with Gasteiger partial charge in [-0.05, 0) is 48.9 Å². The SMILES string of the molecule is CCCCNC1CCc2c(OC)cccc2C1C. The van der Waals surface area contributed by atoms with Gasteiger partial charge in [0.05, 0.1) is 7.11 Å². The first kappa shape index (κ1) is 13.4. The average Bonchev–Trinajstić information content (AvgIpc) is 2.41. The van der Waals surface area contributed by atoms with E-state index in [2.05, 4.69) is 37.4 Å². The molecule has 0 amide bonds. The molecular weight excluding hydrogens is 222 g/mol. The van der Waals surface area contributed by atoms with Gasteiger partial charge in [-0.1, -0.05) is 32.4 Å². The highest BCUT2D eigenvalue weighted by Crippen LogP contribution is 2.36. The van der Waals surface area contributed by atoms with Crippen LogP contribution < -0.4 is 10.1 Å². The van der Waals surface area contributed by atoms with Gasteiger partial charge in [0.25, 0.3) is 0 Å². The molecule has 1 aliphatic carbocycles. The van der Waals surface area contributed by atoms with Gasteiger partial charge in [0.15, 0.2) is 0 Å². The molecule has 1 aromatic carbocycles. The van der Waals surface area contributed by atoms with Crippen LogP contribution in [0.25, 0.3) is 0 Å². The van der Waals surface area contributed by atoms with Gasteiger partial charge >= 0.3 is 0 Å². The lowest BCUT2D eigenvalue weighted by Crippen LogP contribution is -2.37. The molecule has 18 heavy (non-hydrogen) atoms. The van der Waals surface area contributed by atoms with Gasteiger partial charge in [-0.25, -0.2) is 0 Å². The molecule has 2 atom stereocenters. The van der Waals surface area contributed by atoms with Crippen LogP contribution in [0.1, 0.15) is 50.2 Å². The summed E-state index contributed by atoms with van der Waals surface area (Å²) in [7, 11) is 1.77. The summed E-state index contributed by atoms with van der Waals surface area (Å²) in [4.78, 5) is 0. The van der Waals surface area contributed by atoms with E-state index in [1.165, 1.54) is 30.4 Å². The maximum absolute atomic E-state index is 5.47. The fourth-order valence-corrected chi connectivity index (χ4v) is 2.98. The van der Waals surface area contributed by atoms with Crippen molar-refractivity contribution in [3.05, 3.63) is 29.3 Å². The number of hydrogen-bond donors (Lipinski definition) is 1. The topological polar surface area (TPSA) is 21.3 Å². The fraction of sp³-hybridized carbons (Fsp3) is 0.625. The summed E-state index contributed by atoms with van der Waals surface area (Å²) in [6.07, 6.45) is 4.89. The largest absolute Gasteiger partial charge is 0.496 e. The Balaban J connectivity index is 2.10. The van der Waals surface area contributed by atoms with E-state index in [4.69, 9.17) is 4.74 Å². The highest BCUT2D eigenvalue weighted by molar-refractivity contribution is 5.44. The molecule has 1 N–H and O–H groups in total. The Morgan fingerprint density at radius 1 is 1.39 bits per heavy atom. The van der Waals surface area contributed by atoms with Crippen LogP contribution in [-0.2, 0) is 6.42 Å². The highest BCUT2D eigenvalue weighted by Gasteiger charge is 2.27. The average molecular weight is 247 g/mol. The van der Waals surface area contributed by atoms with Crippen LogP contribution in [0.5, 0.6) is 5.75 Å². The molecule has 0 aliphatic heterocycles. The smallest absolute Gasteiger partial charge is 0.122 e. The quantitative estimate of drug-likeness (QED) is 0.804. The summed E-state index contributed by atoms with van der Waals surface area (Å²) in [6, 6.07) is 7.07. The molecule has 2 nitrogen and oxygen atoms in total.